The summed E-state index contributed by atoms with van der Waals surface area (Å²) in [6, 6.07) is 13.9. The maximum atomic E-state index is 13.4. The third kappa shape index (κ3) is 6.08. The number of nitrogen functional groups attached to an aromatic ring is 1. The van der Waals surface area contributed by atoms with Crippen LogP contribution in [-0.4, -0.2) is 70.3 Å². The Hall–Kier alpha value is -4.29. The summed E-state index contributed by atoms with van der Waals surface area (Å²) in [7, 11) is 0. The molecule has 4 heterocycles. The van der Waals surface area contributed by atoms with Crippen molar-refractivity contribution in [1.29, 1.82) is 0 Å². The van der Waals surface area contributed by atoms with Gasteiger partial charge in [0.05, 0.1) is 11.6 Å². The number of rotatable bonds is 8. The number of nitrogens with zero attached hydrogens (tertiary/aromatic N) is 5. The van der Waals surface area contributed by atoms with E-state index < -0.39 is 5.56 Å². The average Bonchev–Trinajstić information content (AvgIpc) is 3.51. The molecule has 0 bridgehead atoms. The minimum Gasteiger partial charge on any atom is -0.436 e. The van der Waals surface area contributed by atoms with Crippen molar-refractivity contribution in [2.75, 3.05) is 55.3 Å². The second-order valence-corrected chi connectivity index (χ2v) is 10.4. The van der Waals surface area contributed by atoms with E-state index in [1.54, 1.807) is 18.2 Å². The summed E-state index contributed by atoms with van der Waals surface area (Å²) < 4.78 is 25.4. The van der Waals surface area contributed by atoms with Crippen molar-refractivity contribution in [2.24, 2.45) is 0 Å². The van der Waals surface area contributed by atoms with E-state index in [4.69, 9.17) is 20.2 Å². The molecule has 11 nitrogen and oxygen atoms in total. The van der Waals surface area contributed by atoms with Gasteiger partial charge < -0.3 is 30.4 Å². The average molecular weight is 561 g/mol. The maximum Gasteiger partial charge on any atom is 0.290 e. The lowest BCUT2D eigenvalue weighted by molar-refractivity contribution is 0.120. The van der Waals surface area contributed by atoms with E-state index in [1.165, 1.54) is 12.1 Å². The van der Waals surface area contributed by atoms with E-state index >= 15 is 0 Å². The molecule has 0 unspecified atom stereocenters. The summed E-state index contributed by atoms with van der Waals surface area (Å²) in [6.07, 6.45) is 2.15. The molecule has 2 saturated heterocycles. The zero-order valence-electron chi connectivity index (χ0n) is 22.8. The Kier molecular flexibility index (Phi) is 7.66. The summed E-state index contributed by atoms with van der Waals surface area (Å²) >= 11 is 0. The number of hydrogen-bond acceptors (Lipinski definition) is 10. The van der Waals surface area contributed by atoms with Gasteiger partial charge in [0, 0.05) is 51.4 Å². The topological polar surface area (TPSA) is 135 Å². The number of piperazine rings is 1. The number of aromatic amines is 1. The standard InChI is InChI=1S/C29H33FN8O3/c1-18(19-7-9-20(30)10-8-19)37-11-13-38(14-12-37)24-16-25(35-29(34-24)32-17-21-4-3-15-40-21)41-23-6-2-5-22-26(23)36-27(31)28(39)33-22/h2,5-10,16,18,21H,3-4,11-15,17H2,1H3,(H2,31,36)(H,33,39)(H,32,34,35)/t18-,21+/m1/s1. The molecule has 0 aliphatic carbocycles. The van der Waals surface area contributed by atoms with Gasteiger partial charge in [0.25, 0.3) is 5.56 Å². The number of halogens is 1. The molecule has 2 aromatic heterocycles. The summed E-state index contributed by atoms with van der Waals surface area (Å²) in [5.74, 6) is 1.57. The van der Waals surface area contributed by atoms with Crippen LogP contribution >= 0.6 is 0 Å². The molecule has 0 spiro atoms. The summed E-state index contributed by atoms with van der Waals surface area (Å²) in [6.45, 7) is 6.64. The van der Waals surface area contributed by atoms with Crippen LogP contribution in [0, 0.1) is 5.82 Å². The van der Waals surface area contributed by atoms with Crippen molar-refractivity contribution in [1.82, 2.24) is 24.8 Å². The molecule has 0 saturated carbocycles. The highest BCUT2D eigenvalue weighted by Gasteiger charge is 2.24. The molecule has 214 valence electrons. The molecule has 2 fully saturated rings. The number of anilines is 3. The van der Waals surface area contributed by atoms with Gasteiger partial charge in [-0.05, 0) is 49.6 Å². The Morgan fingerprint density at radius 2 is 1.95 bits per heavy atom. The summed E-state index contributed by atoms with van der Waals surface area (Å²) in [4.78, 5) is 32.9. The molecular weight excluding hydrogens is 527 g/mol. The highest BCUT2D eigenvalue weighted by atomic mass is 19.1. The fourth-order valence-electron chi connectivity index (χ4n) is 5.30. The monoisotopic (exact) mass is 560 g/mol. The molecular formula is C29H33FN8O3. The van der Waals surface area contributed by atoms with Crippen LogP contribution in [0.5, 0.6) is 11.6 Å². The minimum absolute atomic E-state index is 0.116. The lowest BCUT2D eigenvalue weighted by Gasteiger charge is -2.38. The SMILES string of the molecule is C[C@H](c1ccc(F)cc1)N1CCN(c2cc(Oc3cccc4[nH]c(=O)c(N)nc34)nc(NC[C@@H]3CCCO3)n2)CC1. The van der Waals surface area contributed by atoms with Crippen LogP contribution in [-0.2, 0) is 4.74 Å². The van der Waals surface area contributed by atoms with Gasteiger partial charge in [0.2, 0.25) is 11.8 Å². The van der Waals surface area contributed by atoms with Gasteiger partial charge in [-0.1, -0.05) is 18.2 Å². The molecule has 2 aliphatic rings. The Morgan fingerprint density at radius 3 is 2.71 bits per heavy atom. The first-order chi connectivity index (χ1) is 19.9. The first kappa shape index (κ1) is 26.9. The summed E-state index contributed by atoms with van der Waals surface area (Å²) in [5, 5.41) is 3.32. The number of hydrogen-bond donors (Lipinski definition) is 3. The predicted octanol–water partition coefficient (Wildman–Crippen LogP) is 3.70. The largest absolute Gasteiger partial charge is 0.436 e. The van der Waals surface area contributed by atoms with Crippen molar-refractivity contribution in [3.8, 4) is 11.6 Å². The number of aromatic nitrogens is 4. The highest BCUT2D eigenvalue weighted by Crippen LogP contribution is 2.30. The van der Waals surface area contributed by atoms with Crippen molar-refractivity contribution < 1.29 is 13.9 Å². The van der Waals surface area contributed by atoms with Crippen LogP contribution in [0.15, 0.2) is 53.3 Å². The van der Waals surface area contributed by atoms with Gasteiger partial charge >= 0.3 is 0 Å². The van der Waals surface area contributed by atoms with Crippen LogP contribution in [0.2, 0.25) is 0 Å². The van der Waals surface area contributed by atoms with Crippen molar-refractivity contribution in [3.63, 3.8) is 0 Å². The number of benzene rings is 2. The number of fused-ring (bicyclic) bond motifs is 1. The van der Waals surface area contributed by atoms with Gasteiger partial charge in [-0.3, -0.25) is 9.69 Å². The second kappa shape index (κ2) is 11.7. The zero-order chi connectivity index (χ0) is 28.3. The molecule has 2 aromatic carbocycles. The molecule has 41 heavy (non-hydrogen) atoms. The third-order valence-electron chi connectivity index (χ3n) is 7.67. The van der Waals surface area contributed by atoms with Gasteiger partial charge in [-0.2, -0.15) is 9.97 Å². The van der Waals surface area contributed by atoms with Crippen molar-refractivity contribution in [2.45, 2.75) is 31.9 Å². The number of ether oxygens (including phenoxy) is 2. The Bertz CT molecular complexity index is 1570. The van der Waals surface area contributed by atoms with Gasteiger partial charge in [-0.15, -0.1) is 0 Å². The molecule has 0 radical (unpaired) electrons. The van der Waals surface area contributed by atoms with Crippen LogP contribution in [0.4, 0.5) is 22.0 Å². The summed E-state index contributed by atoms with van der Waals surface area (Å²) in [5.41, 5.74) is 7.37. The van der Waals surface area contributed by atoms with E-state index in [-0.39, 0.29) is 23.8 Å². The predicted molar refractivity (Wildman–Crippen MR) is 155 cm³/mol. The molecule has 4 aromatic rings. The first-order valence-corrected chi connectivity index (χ1v) is 13.9. The fraction of sp³-hybridized carbons (Fsp3) is 0.379. The van der Waals surface area contributed by atoms with Gasteiger partial charge in [-0.25, -0.2) is 9.37 Å². The van der Waals surface area contributed by atoms with Gasteiger partial charge in [0.1, 0.15) is 17.2 Å². The van der Waals surface area contributed by atoms with Crippen LogP contribution in [0.3, 0.4) is 0 Å². The Balaban J connectivity index is 1.23. The molecule has 2 atom stereocenters. The van der Waals surface area contributed by atoms with E-state index in [0.29, 0.717) is 35.2 Å². The number of nitrogens with one attached hydrogen (secondary N) is 2. The minimum atomic E-state index is -0.451. The van der Waals surface area contributed by atoms with E-state index in [9.17, 15) is 9.18 Å². The van der Waals surface area contributed by atoms with Crippen molar-refractivity contribution >= 4 is 28.6 Å². The fourth-order valence-corrected chi connectivity index (χ4v) is 5.30. The number of para-hydroxylation sites is 1. The number of nitrogens with two attached hydrogens (primary N) is 1. The first-order valence-electron chi connectivity index (χ1n) is 13.9. The van der Waals surface area contributed by atoms with E-state index in [2.05, 4.69) is 37.0 Å². The quantitative estimate of drug-likeness (QED) is 0.293. The van der Waals surface area contributed by atoms with E-state index in [0.717, 1.165) is 57.0 Å². The molecule has 4 N–H and O–H groups in total. The smallest absolute Gasteiger partial charge is 0.290 e. The maximum absolute atomic E-state index is 13.4. The zero-order valence-corrected chi connectivity index (χ0v) is 22.8. The third-order valence-corrected chi connectivity index (χ3v) is 7.67. The lowest BCUT2D eigenvalue weighted by Crippen LogP contribution is -2.47. The van der Waals surface area contributed by atoms with Crippen LogP contribution in [0.1, 0.15) is 31.4 Å². The van der Waals surface area contributed by atoms with Crippen molar-refractivity contribution in [3.05, 3.63) is 70.3 Å². The van der Waals surface area contributed by atoms with E-state index in [1.807, 2.05) is 18.2 Å². The van der Waals surface area contributed by atoms with Gasteiger partial charge in [0.15, 0.2) is 11.6 Å². The Labute approximate surface area is 236 Å². The van der Waals surface area contributed by atoms with Crippen LogP contribution < -0.4 is 26.2 Å². The molecule has 2 aliphatic heterocycles. The molecule has 12 heteroatoms. The highest BCUT2D eigenvalue weighted by molar-refractivity contribution is 5.82. The lowest BCUT2D eigenvalue weighted by atomic mass is 10.1. The molecule has 0 amide bonds. The Morgan fingerprint density at radius 1 is 1.15 bits per heavy atom. The normalized spacial score (nSPS) is 18.5. The molecule has 6 rings (SSSR count). The second-order valence-electron chi connectivity index (χ2n) is 10.4. The number of H-pyrrole nitrogens is 1. The van der Waals surface area contributed by atoms with Crippen LogP contribution in [0.25, 0.3) is 11.0 Å².